The van der Waals surface area contributed by atoms with Crippen LogP contribution < -0.4 is 0 Å². The number of benzene rings is 1. The van der Waals surface area contributed by atoms with Crippen molar-refractivity contribution in [2.24, 2.45) is 0 Å². The summed E-state index contributed by atoms with van der Waals surface area (Å²) in [6.07, 6.45) is 1.58. The molecule has 0 saturated heterocycles. The Bertz CT molecular complexity index is 690. The fraction of sp³-hybridized carbons (Fsp3) is 0.250. The van der Waals surface area contributed by atoms with Crippen molar-refractivity contribution in [3.05, 3.63) is 58.9 Å². The minimum Gasteiger partial charge on any atom is -0.270 e. The largest absolute Gasteiger partial charge is 0.270 e. The molecule has 0 aliphatic carbocycles. The van der Waals surface area contributed by atoms with Crippen molar-refractivity contribution >= 4 is 11.8 Å². The van der Waals surface area contributed by atoms with E-state index in [1.165, 1.54) is 4.90 Å². The van der Waals surface area contributed by atoms with E-state index in [2.05, 4.69) is 10.2 Å². The van der Waals surface area contributed by atoms with E-state index < -0.39 is 0 Å². The van der Waals surface area contributed by atoms with Gasteiger partial charge in [0, 0.05) is 6.20 Å². The summed E-state index contributed by atoms with van der Waals surface area (Å²) in [5.74, 6) is -0.312. The highest BCUT2D eigenvalue weighted by Crippen LogP contribution is 2.26. The van der Waals surface area contributed by atoms with Crippen LogP contribution in [0.1, 0.15) is 51.7 Å². The maximum atomic E-state index is 12.4. The topological polar surface area (TPSA) is 63.2 Å². The van der Waals surface area contributed by atoms with Gasteiger partial charge in [0.25, 0.3) is 11.8 Å². The van der Waals surface area contributed by atoms with E-state index in [-0.39, 0.29) is 24.3 Å². The van der Waals surface area contributed by atoms with Crippen LogP contribution in [-0.2, 0) is 6.54 Å². The first-order chi connectivity index (χ1) is 10.1. The molecule has 0 saturated carbocycles. The van der Waals surface area contributed by atoms with Crippen LogP contribution >= 0.6 is 0 Å². The molecule has 21 heavy (non-hydrogen) atoms. The molecule has 0 fully saturated rings. The summed E-state index contributed by atoms with van der Waals surface area (Å²) < 4.78 is 0. The Balaban J connectivity index is 1.95. The Labute approximate surface area is 122 Å². The van der Waals surface area contributed by atoms with Gasteiger partial charge in [0.2, 0.25) is 0 Å². The molecule has 0 atom stereocenters. The van der Waals surface area contributed by atoms with Crippen LogP contribution in [0.25, 0.3) is 0 Å². The van der Waals surface area contributed by atoms with Crippen LogP contribution in [0.3, 0.4) is 0 Å². The van der Waals surface area contributed by atoms with Crippen molar-refractivity contribution in [3.63, 3.8) is 0 Å². The van der Waals surface area contributed by atoms with E-state index in [9.17, 15) is 9.59 Å². The number of fused-ring (bicyclic) bond motifs is 1. The third kappa shape index (κ3) is 2.20. The Morgan fingerprint density at radius 3 is 2.24 bits per heavy atom. The number of carbonyl (C=O) groups is 2. The van der Waals surface area contributed by atoms with Gasteiger partial charge in [-0.25, -0.2) is 0 Å². The SMILES string of the molecule is CC(C)c1nnccc1CN1C(=O)c2ccccc2C1=O. The molecule has 2 amide bonds. The second-order valence-electron chi connectivity index (χ2n) is 5.34. The Morgan fingerprint density at radius 2 is 1.67 bits per heavy atom. The number of hydrogen-bond acceptors (Lipinski definition) is 4. The molecule has 0 N–H and O–H groups in total. The first-order valence-corrected chi connectivity index (χ1v) is 6.85. The molecule has 1 aliphatic rings. The summed E-state index contributed by atoms with van der Waals surface area (Å²) in [6, 6.07) is 8.71. The molecular weight excluding hydrogens is 266 g/mol. The van der Waals surface area contributed by atoms with Crippen molar-refractivity contribution in [1.82, 2.24) is 15.1 Å². The van der Waals surface area contributed by atoms with Gasteiger partial charge < -0.3 is 0 Å². The van der Waals surface area contributed by atoms with E-state index in [0.717, 1.165) is 11.3 Å². The molecule has 5 heteroatoms. The van der Waals surface area contributed by atoms with Gasteiger partial charge >= 0.3 is 0 Å². The van der Waals surface area contributed by atoms with Crippen LogP contribution in [0.4, 0.5) is 0 Å². The van der Waals surface area contributed by atoms with Crippen molar-refractivity contribution < 1.29 is 9.59 Å². The number of amides is 2. The molecule has 0 spiro atoms. The number of nitrogens with zero attached hydrogens (tertiary/aromatic N) is 3. The first kappa shape index (κ1) is 13.4. The maximum Gasteiger partial charge on any atom is 0.261 e. The fourth-order valence-corrected chi connectivity index (χ4v) is 2.54. The third-order valence-corrected chi connectivity index (χ3v) is 3.59. The zero-order valence-corrected chi connectivity index (χ0v) is 11.9. The van der Waals surface area contributed by atoms with E-state index in [0.29, 0.717) is 11.1 Å². The Morgan fingerprint density at radius 1 is 1.05 bits per heavy atom. The number of aromatic nitrogens is 2. The molecule has 5 nitrogen and oxygen atoms in total. The molecule has 106 valence electrons. The van der Waals surface area contributed by atoms with Gasteiger partial charge in [0.05, 0.1) is 23.4 Å². The smallest absolute Gasteiger partial charge is 0.261 e. The standard InChI is InChI=1S/C16H15N3O2/c1-10(2)14-11(7-8-17-18-14)9-19-15(20)12-5-3-4-6-13(12)16(19)21/h3-8,10H,9H2,1-2H3. The van der Waals surface area contributed by atoms with Gasteiger partial charge in [-0.2, -0.15) is 10.2 Å². The number of carbonyl (C=O) groups excluding carboxylic acids is 2. The Hall–Kier alpha value is -2.56. The number of imide groups is 1. The second kappa shape index (κ2) is 5.09. The van der Waals surface area contributed by atoms with Gasteiger partial charge in [-0.15, -0.1) is 0 Å². The predicted molar refractivity (Wildman–Crippen MR) is 76.8 cm³/mol. The summed E-state index contributed by atoms with van der Waals surface area (Å²) in [4.78, 5) is 26.0. The van der Waals surface area contributed by atoms with Gasteiger partial charge in [-0.3, -0.25) is 14.5 Å². The summed E-state index contributed by atoms with van der Waals surface area (Å²) in [5.41, 5.74) is 2.61. The molecule has 2 aromatic rings. The summed E-state index contributed by atoms with van der Waals surface area (Å²) in [7, 11) is 0. The lowest BCUT2D eigenvalue weighted by atomic mass is 10.0. The zero-order chi connectivity index (χ0) is 15.0. The highest BCUT2D eigenvalue weighted by atomic mass is 16.2. The third-order valence-electron chi connectivity index (χ3n) is 3.59. The van der Waals surface area contributed by atoms with Gasteiger partial charge in [-0.1, -0.05) is 26.0 Å². The molecule has 1 aromatic carbocycles. The molecule has 2 heterocycles. The van der Waals surface area contributed by atoms with Crippen molar-refractivity contribution in [2.75, 3.05) is 0 Å². The molecular formula is C16H15N3O2. The quantitative estimate of drug-likeness (QED) is 0.810. The Kier molecular flexibility index (Phi) is 3.25. The molecule has 0 bridgehead atoms. The molecule has 3 rings (SSSR count). The summed E-state index contributed by atoms with van der Waals surface area (Å²) >= 11 is 0. The van der Waals surface area contributed by atoms with Gasteiger partial charge in [0.1, 0.15) is 0 Å². The van der Waals surface area contributed by atoms with Gasteiger partial charge in [-0.05, 0) is 29.7 Å². The highest BCUT2D eigenvalue weighted by molar-refractivity contribution is 6.21. The van der Waals surface area contributed by atoms with E-state index in [4.69, 9.17) is 0 Å². The van der Waals surface area contributed by atoms with Crippen LogP contribution in [0.2, 0.25) is 0 Å². The lowest BCUT2D eigenvalue weighted by molar-refractivity contribution is 0.0641. The minimum atomic E-state index is -0.248. The lowest BCUT2D eigenvalue weighted by Gasteiger charge is -2.17. The van der Waals surface area contributed by atoms with Crippen LogP contribution in [0.5, 0.6) is 0 Å². The zero-order valence-electron chi connectivity index (χ0n) is 11.9. The highest BCUT2D eigenvalue weighted by Gasteiger charge is 2.35. The predicted octanol–water partition coefficient (Wildman–Crippen LogP) is 2.40. The molecule has 0 unspecified atom stereocenters. The van der Waals surface area contributed by atoms with E-state index in [1.807, 2.05) is 19.9 Å². The normalized spacial score (nSPS) is 14.0. The molecule has 0 radical (unpaired) electrons. The van der Waals surface area contributed by atoms with Crippen LogP contribution in [0, 0.1) is 0 Å². The minimum absolute atomic E-state index is 0.184. The van der Waals surface area contributed by atoms with E-state index >= 15 is 0 Å². The van der Waals surface area contributed by atoms with E-state index in [1.54, 1.807) is 30.5 Å². The molecule has 1 aliphatic heterocycles. The summed E-state index contributed by atoms with van der Waals surface area (Å²) in [5, 5.41) is 8.00. The average molecular weight is 281 g/mol. The summed E-state index contributed by atoms with van der Waals surface area (Å²) in [6.45, 7) is 4.25. The maximum absolute atomic E-state index is 12.4. The molecule has 1 aromatic heterocycles. The monoisotopic (exact) mass is 281 g/mol. The lowest BCUT2D eigenvalue weighted by Crippen LogP contribution is -2.29. The second-order valence-corrected chi connectivity index (χ2v) is 5.34. The van der Waals surface area contributed by atoms with Crippen LogP contribution in [-0.4, -0.2) is 26.9 Å². The average Bonchev–Trinajstić information content (AvgIpc) is 2.73. The van der Waals surface area contributed by atoms with Crippen molar-refractivity contribution in [1.29, 1.82) is 0 Å². The number of rotatable bonds is 3. The van der Waals surface area contributed by atoms with Crippen molar-refractivity contribution in [3.8, 4) is 0 Å². The van der Waals surface area contributed by atoms with Gasteiger partial charge in [0.15, 0.2) is 0 Å². The van der Waals surface area contributed by atoms with Crippen LogP contribution in [0.15, 0.2) is 36.5 Å². The first-order valence-electron chi connectivity index (χ1n) is 6.85. The van der Waals surface area contributed by atoms with Crippen molar-refractivity contribution in [2.45, 2.75) is 26.3 Å². The number of hydrogen-bond donors (Lipinski definition) is 0. The fourth-order valence-electron chi connectivity index (χ4n) is 2.54.